The van der Waals surface area contributed by atoms with Crippen molar-refractivity contribution in [1.82, 2.24) is 14.8 Å². The van der Waals surface area contributed by atoms with Crippen molar-refractivity contribution >= 4 is 17.6 Å². The Hall–Kier alpha value is -2.96. The largest absolute Gasteiger partial charge is 0.337 e. The van der Waals surface area contributed by atoms with Crippen molar-refractivity contribution in [1.29, 1.82) is 0 Å². The summed E-state index contributed by atoms with van der Waals surface area (Å²) in [5, 5.41) is 2.81. The summed E-state index contributed by atoms with van der Waals surface area (Å²) in [6.07, 6.45) is 4.34. The molecule has 6 nitrogen and oxygen atoms in total. The van der Waals surface area contributed by atoms with Crippen LogP contribution in [-0.4, -0.2) is 52.9 Å². The Morgan fingerprint density at radius 2 is 1.64 bits per heavy atom. The second-order valence-electron chi connectivity index (χ2n) is 7.62. The van der Waals surface area contributed by atoms with Gasteiger partial charge in [0, 0.05) is 38.1 Å². The van der Waals surface area contributed by atoms with Gasteiger partial charge in [0.2, 0.25) is 0 Å². The van der Waals surface area contributed by atoms with E-state index in [1.807, 2.05) is 11.0 Å². The minimum Gasteiger partial charge on any atom is -0.337 e. The van der Waals surface area contributed by atoms with Crippen LogP contribution in [0.15, 0.2) is 48.7 Å². The highest BCUT2D eigenvalue weighted by Gasteiger charge is 2.43. The summed E-state index contributed by atoms with van der Waals surface area (Å²) in [5.41, 5.74) is 1.15. The van der Waals surface area contributed by atoms with E-state index in [1.165, 1.54) is 12.1 Å². The van der Waals surface area contributed by atoms with Crippen molar-refractivity contribution in [3.05, 3.63) is 60.2 Å². The summed E-state index contributed by atoms with van der Waals surface area (Å²) in [6, 6.07) is 11.0. The second kappa shape index (κ2) is 7.58. The van der Waals surface area contributed by atoms with Gasteiger partial charge in [-0.15, -0.1) is 0 Å². The highest BCUT2D eigenvalue weighted by molar-refractivity contribution is 5.92. The Balaban J connectivity index is 1.32. The number of carbonyl (C=O) groups excluding carboxylic acids is 2. The number of urea groups is 1. The van der Waals surface area contributed by atoms with Crippen LogP contribution in [0.25, 0.3) is 0 Å². The second-order valence-corrected chi connectivity index (χ2v) is 7.62. The van der Waals surface area contributed by atoms with Crippen molar-refractivity contribution in [3.63, 3.8) is 0 Å². The number of carbonyl (C=O) groups is 2. The molecule has 4 rings (SSSR count). The summed E-state index contributed by atoms with van der Waals surface area (Å²) < 4.78 is 13.0. The fourth-order valence-electron chi connectivity index (χ4n) is 4.09. The maximum atomic E-state index is 13.0. The zero-order chi connectivity index (χ0) is 19.6. The molecular weight excluding hydrogens is 359 g/mol. The van der Waals surface area contributed by atoms with Gasteiger partial charge >= 0.3 is 6.03 Å². The number of amides is 3. The Kier molecular flexibility index (Phi) is 4.98. The number of nitrogens with one attached hydrogen (secondary N) is 1. The van der Waals surface area contributed by atoms with Crippen LogP contribution >= 0.6 is 0 Å². The van der Waals surface area contributed by atoms with Crippen molar-refractivity contribution in [2.24, 2.45) is 5.41 Å². The van der Waals surface area contributed by atoms with E-state index in [1.54, 1.807) is 35.4 Å². The normalized spacial score (nSPS) is 18.3. The number of likely N-dealkylation sites (tertiary alicyclic amines) is 2. The highest BCUT2D eigenvalue weighted by Crippen LogP contribution is 2.40. The molecule has 0 unspecified atom stereocenters. The molecule has 3 heterocycles. The number of nitrogens with zero attached hydrogens (tertiary/aromatic N) is 3. The molecule has 146 valence electrons. The van der Waals surface area contributed by atoms with E-state index in [0.717, 1.165) is 32.4 Å². The van der Waals surface area contributed by atoms with Crippen LogP contribution in [0.2, 0.25) is 0 Å². The monoisotopic (exact) mass is 382 g/mol. The molecule has 2 aromatic rings. The molecule has 2 aliphatic heterocycles. The molecule has 0 atom stereocenters. The zero-order valence-electron chi connectivity index (χ0n) is 15.6. The van der Waals surface area contributed by atoms with Gasteiger partial charge in [-0.25, -0.2) is 9.18 Å². The number of anilines is 1. The van der Waals surface area contributed by atoms with Crippen LogP contribution < -0.4 is 5.32 Å². The molecule has 1 N–H and O–H groups in total. The number of hydrogen-bond acceptors (Lipinski definition) is 3. The number of pyridine rings is 1. The van der Waals surface area contributed by atoms with Gasteiger partial charge in [-0.2, -0.15) is 0 Å². The molecule has 0 bridgehead atoms. The number of halogens is 1. The Morgan fingerprint density at radius 1 is 0.964 bits per heavy atom. The number of benzene rings is 1. The molecule has 0 saturated carbocycles. The summed E-state index contributed by atoms with van der Waals surface area (Å²) in [5.74, 6) is -0.349. The van der Waals surface area contributed by atoms with Crippen LogP contribution in [0, 0.1) is 11.2 Å². The van der Waals surface area contributed by atoms with Crippen LogP contribution in [-0.2, 0) is 0 Å². The Morgan fingerprint density at radius 3 is 2.29 bits per heavy atom. The van der Waals surface area contributed by atoms with Crippen molar-refractivity contribution in [3.8, 4) is 0 Å². The van der Waals surface area contributed by atoms with Crippen molar-refractivity contribution < 1.29 is 14.0 Å². The summed E-state index contributed by atoms with van der Waals surface area (Å²) >= 11 is 0. The molecule has 3 amide bonds. The molecule has 1 spiro atoms. The first kappa shape index (κ1) is 18.4. The van der Waals surface area contributed by atoms with Crippen LogP contribution in [0.5, 0.6) is 0 Å². The standard InChI is InChI=1S/C21H23FN4O2/c22-16-4-6-17(7-5-16)24-20(28)25-12-8-21(9-13-25)10-14-26(15-21)19(27)18-3-1-2-11-23-18/h1-7,11H,8-10,12-15H2,(H,24,28). The van der Waals surface area contributed by atoms with Gasteiger partial charge in [0.25, 0.3) is 5.91 Å². The average Bonchev–Trinajstić information content (AvgIpc) is 3.14. The average molecular weight is 382 g/mol. The molecule has 28 heavy (non-hydrogen) atoms. The van der Waals surface area contributed by atoms with E-state index < -0.39 is 0 Å². The SMILES string of the molecule is O=C(Nc1ccc(F)cc1)N1CCC2(CC1)CCN(C(=O)c1ccccn1)C2. The lowest BCUT2D eigenvalue weighted by atomic mass is 9.78. The predicted octanol–water partition coefficient (Wildman–Crippen LogP) is 3.38. The lowest BCUT2D eigenvalue weighted by Crippen LogP contribution is -2.46. The third-order valence-corrected chi connectivity index (χ3v) is 5.82. The van der Waals surface area contributed by atoms with Gasteiger partial charge in [0.05, 0.1) is 0 Å². The zero-order valence-corrected chi connectivity index (χ0v) is 15.6. The molecule has 7 heteroatoms. The van der Waals surface area contributed by atoms with Gasteiger partial charge in [-0.05, 0) is 61.1 Å². The molecule has 2 saturated heterocycles. The van der Waals surface area contributed by atoms with Crippen LogP contribution in [0.4, 0.5) is 14.9 Å². The summed E-state index contributed by atoms with van der Waals surface area (Å²) in [4.78, 5) is 32.9. The van der Waals surface area contributed by atoms with Crippen molar-refractivity contribution in [2.75, 3.05) is 31.5 Å². The Bertz CT molecular complexity index is 848. The lowest BCUT2D eigenvalue weighted by molar-refractivity contribution is 0.0734. The third kappa shape index (κ3) is 3.83. The number of rotatable bonds is 2. The van der Waals surface area contributed by atoms with Gasteiger partial charge in [-0.3, -0.25) is 9.78 Å². The molecule has 2 aliphatic rings. The fourth-order valence-corrected chi connectivity index (χ4v) is 4.09. The maximum Gasteiger partial charge on any atom is 0.321 e. The first-order chi connectivity index (χ1) is 13.5. The summed E-state index contributed by atoms with van der Waals surface area (Å²) in [7, 11) is 0. The van der Waals surface area contributed by atoms with Gasteiger partial charge < -0.3 is 15.1 Å². The highest BCUT2D eigenvalue weighted by atomic mass is 19.1. The summed E-state index contributed by atoms with van der Waals surface area (Å²) in [6.45, 7) is 2.75. The van der Waals surface area contributed by atoms with Gasteiger partial charge in [0.15, 0.2) is 0 Å². The maximum absolute atomic E-state index is 13.0. The fraction of sp³-hybridized carbons (Fsp3) is 0.381. The molecule has 0 aliphatic carbocycles. The molecule has 2 fully saturated rings. The molecule has 1 aromatic heterocycles. The molecular formula is C21H23FN4O2. The van der Waals surface area contributed by atoms with E-state index in [-0.39, 0.29) is 23.2 Å². The van der Waals surface area contributed by atoms with E-state index in [0.29, 0.717) is 24.5 Å². The number of aromatic nitrogens is 1. The smallest absolute Gasteiger partial charge is 0.321 e. The van der Waals surface area contributed by atoms with E-state index in [2.05, 4.69) is 10.3 Å². The van der Waals surface area contributed by atoms with Crippen molar-refractivity contribution in [2.45, 2.75) is 19.3 Å². The third-order valence-electron chi connectivity index (χ3n) is 5.82. The quantitative estimate of drug-likeness (QED) is 0.866. The Labute approximate surface area is 163 Å². The first-order valence-electron chi connectivity index (χ1n) is 9.57. The molecule has 0 radical (unpaired) electrons. The van der Waals surface area contributed by atoms with E-state index >= 15 is 0 Å². The number of hydrogen-bond donors (Lipinski definition) is 1. The van der Waals surface area contributed by atoms with E-state index in [9.17, 15) is 14.0 Å². The minimum absolute atomic E-state index is 0.0195. The lowest BCUT2D eigenvalue weighted by Gasteiger charge is -2.39. The minimum atomic E-state index is -0.330. The van der Waals surface area contributed by atoms with E-state index in [4.69, 9.17) is 0 Å². The van der Waals surface area contributed by atoms with Crippen LogP contribution in [0.1, 0.15) is 29.8 Å². The molecule has 1 aromatic carbocycles. The van der Waals surface area contributed by atoms with Gasteiger partial charge in [0.1, 0.15) is 11.5 Å². The number of piperidine rings is 1. The van der Waals surface area contributed by atoms with Crippen LogP contribution in [0.3, 0.4) is 0 Å². The van der Waals surface area contributed by atoms with Gasteiger partial charge in [-0.1, -0.05) is 6.07 Å². The topological polar surface area (TPSA) is 65.5 Å². The predicted molar refractivity (Wildman–Crippen MR) is 103 cm³/mol. The first-order valence-corrected chi connectivity index (χ1v) is 9.57.